The lowest BCUT2D eigenvalue weighted by Crippen LogP contribution is -2.43. The summed E-state index contributed by atoms with van der Waals surface area (Å²) in [4.78, 5) is 0. The van der Waals surface area contributed by atoms with Crippen LogP contribution >= 0.6 is 0 Å². The minimum Gasteiger partial charge on any atom is -0.396 e. The van der Waals surface area contributed by atoms with E-state index in [4.69, 9.17) is 21.1 Å². The van der Waals surface area contributed by atoms with Crippen LogP contribution < -0.4 is 5.73 Å². The first-order chi connectivity index (χ1) is 5.02. The van der Waals surface area contributed by atoms with Gasteiger partial charge in [0.15, 0.2) is 0 Å². The van der Waals surface area contributed by atoms with Crippen LogP contribution in [-0.4, -0.2) is 40.2 Å². The summed E-state index contributed by atoms with van der Waals surface area (Å²) in [5, 5.41) is 26.3. The van der Waals surface area contributed by atoms with Crippen LogP contribution in [0.4, 0.5) is 0 Å². The number of rotatable bonds is 5. The zero-order valence-electron chi connectivity index (χ0n) is 6.82. The highest BCUT2D eigenvalue weighted by atomic mass is 16.3. The largest absolute Gasteiger partial charge is 0.396 e. The number of hydrogen-bond donors (Lipinski definition) is 4. The fraction of sp³-hybridized carbons (Fsp3) is 1.00. The summed E-state index contributed by atoms with van der Waals surface area (Å²) >= 11 is 0. The second-order valence-electron chi connectivity index (χ2n) is 3.18. The number of hydrogen-bond acceptors (Lipinski definition) is 4. The van der Waals surface area contributed by atoms with E-state index in [1.54, 1.807) is 6.92 Å². The van der Waals surface area contributed by atoms with E-state index in [9.17, 15) is 0 Å². The van der Waals surface area contributed by atoms with Gasteiger partial charge in [-0.15, -0.1) is 0 Å². The molecule has 4 heteroatoms. The third-order valence-corrected chi connectivity index (χ3v) is 1.53. The van der Waals surface area contributed by atoms with Crippen LogP contribution in [0.25, 0.3) is 0 Å². The average Bonchev–Trinajstić information content (AvgIpc) is 1.87. The number of aliphatic hydroxyl groups is 3. The zero-order chi connectivity index (χ0) is 8.91. The summed E-state index contributed by atoms with van der Waals surface area (Å²) in [7, 11) is 0. The molecule has 0 saturated carbocycles. The summed E-state index contributed by atoms with van der Waals surface area (Å²) in [5.41, 5.74) is 4.81. The van der Waals surface area contributed by atoms with E-state index in [2.05, 4.69) is 0 Å². The van der Waals surface area contributed by atoms with Gasteiger partial charge in [-0.05, 0) is 19.8 Å². The standard InChI is InChI=1S/C7H17NO3/c1-7(8,5-10)4-6(11)2-3-9/h6,9-11H,2-5,8H2,1H3. The van der Waals surface area contributed by atoms with Crippen molar-refractivity contribution in [2.45, 2.75) is 31.4 Å². The van der Waals surface area contributed by atoms with Gasteiger partial charge >= 0.3 is 0 Å². The Hall–Kier alpha value is -0.160. The van der Waals surface area contributed by atoms with Gasteiger partial charge in [-0.1, -0.05) is 0 Å². The van der Waals surface area contributed by atoms with Crippen LogP contribution in [0.5, 0.6) is 0 Å². The topological polar surface area (TPSA) is 86.7 Å². The van der Waals surface area contributed by atoms with E-state index in [-0.39, 0.29) is 13.2 Å². The van der Waals surface area contributed by atoms with E-state index in [0.717, 1.165) is 0 Å². The van der Waals surface area contributed by atoms with E-state index < -0.39 is 11.6 Å². The molecule has 11 heavy (non-hydrogen) atoms. The van der Waals surface area contributed by atoms with E-state index in [1.165, 1.54) is 0 Å². The Morgan fingerprint density at radius 2 is 2.00 bits per heavy atom. The molecule has 0 spiro atoms. The van der Waals surface area contributed by atoms with E-state index in [1.807, 2.05) is 0 Å². The fourth-order valence-corrected chi connectivity index (χ4v) is 0.854. The molecule has 0 bridgehead atoms. The molecule has 2 unspecified atom stereocenters. The Balaban J connectivity index is 3.64. The summed E-state index contributed by atoms with van der Waals surface area (Å²) in [5.74, 6) is 0. The van der Waals surface area contributed by atoms with Crippen LogP contribution in [-0.2, 0) is 0 Å². The van der Waals surface area contributed by atoms with Crippen molar-refractivity contribution < 1.29 is 15.3 Å². The summed E-state index contributed by atoms with van der Waals surface area (Å²) < 4.78 is 0. The molecule has 0 aliphatic carbocycles. The van der Waals surface area contributed by atoms with Crippen molar-refractivity contribution in [2.75, 3.05) is 13.2 Å². The predicted molar refractivity (Wildman–Crippen MR) is 42.0 cm³/mol. The quantitative estimate of drug-likeness (QED) is 0.411. The van der Waals surface area contributed by atoms with Crippen molar-refractivity contribution in [3.05, 3.63) is 0 Å². The SMILES string of the molecule is CC(N)(CO)CC(O)CCO. The monoisotopic (exact) mass is 163 g/mol. The Kier molecular flexibility index (Phi) is 4.60. The normalized spacial score (nSPS) is 19.4. The summed E-state index contributed by atoms with van der Waals surface area (Å²) in [6.07, 6.45) is -0.00113. The van der Waals surface area contributed by atoms with Gasteiger partial charge in [0.1, 0.15) is 0 Å². The van der Waals surface area contributed by atoms with Crippen LogP contribution in [0.2, 0.25) is 0 Å². The first-order valence-electron chi connectivity index (χ1n) is 3.70. The second-order valence-corrected chi connectivity index (χ2v) is 3.18. The minimum atomic E-state index is -0.741. The van der Waals surface area contributed by atoms with Crippen LogP contribution in [0.1, 0.15) is 19.8 Å². The van der Waals surface area contributed by atoms with Gasteiger partial charge < -0.3 is 21.1 Å². The highest BCUT2D eigenvalue weighted by Crippen LogP contribution is 2.09. The fourth-order valence-electron chi connectivity index (χ4n) is 0.854. The van der Waals surface area contributed by atoms with Crippen molar-refractivity contribution in [1.29, 1.82) is 0 Å². The lowest BCUT2D eigenvalue weighted by atomic mass is 9.95. The lowest BCUT2D eigenvalue weighted by Gasteiger charge is -2.24. The molecule has 0 amide bonds. The molecule has 0 aromatic carbocycles. The molecule has 0 saturated heterocycles. The first kappa shape index (κ1) is 10.8. The third-order valence-electron chi connectivity index (χ3n) is 1.53. The molecule has 0 aliphatic heterocycles. The predicted octanol–water partition coefficient (Wildman–Crippen LogP) is -1.17. The molecule has 0 aromatic heterocycles. The van der Waals surface area contributed by atoms with Crippen molar-refractivity contribution in [1.82, 2.24) is 0 Å². The Morgan fingerprint density at radius 1 is 1.45 bits per heavy atom. The van der Waals surface area contributed by atoms with Crippen molar-refractivity contribution >= 4 is 0 Å². The Bertz CT molecular complexity index is 106. The van der Waals surface area contributed by atoms with Gasteiger partial charge in [0.25, 0.3) is 0 Å². The maximum Gasteiger partial charge on any atom is 0.0609 e. The molecular weight excluding hydrogens is 146 g/mol. The molecule has 68 valence electrons. The van der Waals surface area contributed by atoms with Crippen molar-refractivity contribution in [3.8, 4) is 0 Å². The minimum absolute atomic E-state index is 0.0529. The highest BCUT2D eigenvalue weighted by Gasteiger charge is 2.21. The average molecular weight is 163 g/mol. The number of aliphatic hydroxyl groups excluding tert-OH is 3. The maximum absolute atomic E-state index is 9.16. The van der Waals surface area contributed by atoms with Gasteiger partial charge in [-0.3, -0.25) is 0 Å². The molecule has 0 aromatic rings. The third kappa shape index (κ3) is 5.15. The van der Waals surface area contributed by atoms with E-state index in [0.29, 0.717) is 12.8 Å². The molecule has 2 atom stereocenters. The highest BCUT2D eigenvalue weighted by molar-refractivity contribution is 4.80. The van der Waals surface area contributed by atoms with Crippen LogP contribution in [0.15, 0.2) is 0 Å². The van der Waals surface area contributed by atoms with Gasteiger partial charge in [0.05, 0.1) is 12.7 Å². The molecule has 0 aliphatic rings. The molecule has 0 radical (unpaired) electrons. The van der Waals surface area contributed by atoms with Gasteiger partial charge in [0.2, 0.25) is 0 Å². The van der Waals surface area contributed by atoms with Crippen LogP contribution in [0.3, 0.4) is 0 Å². The summed E-state index contributed by atoms with van der Waals surface area (Å²) in [6, 6.07) is 0. The Morgan fingerprint density at radius 3 is 2.36 bits per heavy atom. The van der Waals surface area contributed by atoms with Gasteiger partial charge in [-0.2, -0.15) is 0 Å². The summed E-state index contributed by atoms with van der Waals surface area (Å²) in [6.45, 7) is 1.45. The number of nitrogens with two attached hydrogens (primary N) is 1. The van der Waals surface area contributed by atoms with Crippen molar-refractivity contribution in [3.63, 3.8) is 0 Å². The molecule has 4 nitrogen and oxygen atoms in total. The van der Waals surface area contributed by atoms with Crippen molar-refractivity contribution in [2.24, 2.45) is 5.73 Å². The smallest absolute Gasteiger partial charge is 0.0609 e. The molecule has 0 fully saturated rings. The molecule has 0 heterocycles. The Labute approximate surface area is 66.7 Å². The second kappa shape index (κ2) is 4.66. The van der Waals surface area contributed by atoms with E-state index >= 15 is 0 Å². The lowest BCUT2D eigenvalue weighted by molar-refractivity contribution is 0.0843. The molecule has 0 rings (SSSR count). The van der Waals surface area contributed by atoms with Gasteiger partial charge in [-0.25, -0.2) is 0 Å². The van der Waals surface area contributed by atoms with Gasteiger partial charge in [0, 0.05) is 12.1 Å². The van der Waals surface area contributed by atoms with Crippen LogP contribution in [0, 0.1) is 0 Å². The molecular formula is C7H17NO3. The molecule has 5 N–H and O–H groups in total. The zero-order valence-corrected chi connectivity index (χ0v) is 6.82. The maximum atomic E-state index is 9.16. The first-order valence-corrected chi connectivity index (χ1v) is 3.70.